The van der Waals surface area contributed by atoms with Gasteiger partial charge in [0.25, 0.3) is 0 Å². The van der Waals surface area contributed by atoms with E-state index in [1.54, 1.807) is 0 Å². The maximum Gasteiger partial charge on any atom is 0.188 e. The average Bonchev–Trinajstić information content (AvgIpc) is 1.95. The predicted molar refractivity (Wildman–Crippen MR) is 37.7 cm³/mol. The van der Waals surface area contributed by atoms with E-state index in [1.165, 1.54) is 18.2 Å². The first kappa shape index (κ1) is 7.04. The summed E-state index contributed by atoms with van der Waals surface area (Å²) in [5.74, 6) is -0.492. The maximum absolute atomic E-state index is 12.4. The van der Waals surface area contributed by atoms with E-state index < -0.39 is 5.82 Å². The maximum atomic E-state index is 12.4. The van der Waals surface area contributed by atoms with Gasteiger partial charge >= 0.3 is 0 Å². The minimum Gasteiger partial charge on any atom is -0.238 e. The Hall–Kier alpha value is -1.07. The van der Waals surface area contributed by atoms with Gasteiger partial charge in [-0.15, -0.1) is 0 Å². The molecule has 0 atom stereocenters. The van der Waals surface area contributed by atoms with E-state index in [0.717, 1.165) is 0 Å². The van der Waals surface area contributed by atoms with Crippen LogP contribution >= 0.6 is 11.6 Å². The van der Waals surface area contributed by atoms with Gasteiger partial charge in [-0.3, -0.25) is 0 Å². The molecule has 0 aromatic heterocycles. The molecule has 1 rings (SSSR count). The van der Waals surface area contributed by atoms with Gasteiger partial charge in [0.1, 0.15) is 5.82 Å². The van der Waals surface area contributed by atoms with Crippen LogP contribution in [0.15, 0.2) is 18.2 Å². The Morgan fingerprint density at radius 3 is 2.70 bits per heavy atom. The van der Waals surface area contributed by atoms with E-state index in [0.29, 0.717) is 5.69 Å². The third kappa shape index (κ3) is 1.26. The highest BCUT2D eigenvalue weighted by Crippen LogP contribution is 2.20. The summed E-state index contributed by atoms with van der Waals surface area (Å²) in [6.45, 7) is 6.55. The lowest BCUT2D eigenvalue weighted by Crippen LogP contribution is -1.72. The Labute approximate surface area is 62.9 Å². The molecule has 0 unspecified atom stereocenters. The molecule has 10 heavy (non-hydrogen) atoms. The summed E-state index contributed by atoms with van der Waals surface area (Å²) >= 11 is 5.37. The van der Waals surface area contributed by atoms with Crippen molar-refractivity contribution in [3.63, 3.8) is 0 Å². The molecule has 0 fully saturated rings. The molecule has 0 saturated carbocycles. The molecule has 1 aromatic carbocycles. The van der Waals surface area contributed by atoms with Gasteiger partial charge in [-0.25, -0.2) is 9.24 Å². The number of nitrogens with zero attached hydrogens (tertiary/aromatic N) is 1. The SMILES string of the molecule is [C-]#[N+]c1ccc(F)c(Cl)c1. The topological polar surface area (TPSA) is 4.36 Å². The van der Waals surface area contributed by atoms with Gasteiger partial charge in [0, 0.05) is 0 Å². The second kappa shape index (κ2) is 2.68. The van der Waals surface area contributed by atoms with Crippen LogP contribution in [-0.2, 0) is 0 Å². The summed E-state index contributed by atoms with van der Waals surface area (Å²) in [7, 11) is 0. The van der Waals surface area contributed by atoms with E-state index in [2.05, 4.69) is 4.85 Å². The van der Waals surface area contributed by atoms with Crippen LogP contribution < -0.4 is 0 Å². The number of hydrogen-bond donors (Lipinski definition) is 0. The normalized spacial score (nSPS) is 8.90. The van der Waals surface area contributed by atoms with E-state index >= 15 is 0 Å². The number of hydrogen-bond acceptors (Lipinski definition) is 0. The minimum atomic E-state index is -0.492. The van der Waals surface area contributed by atoms with Crippen LogP contribution in [0.2, 0.25) is 5.02 Å². The van der Waals surface area contributed by atoms with Gasteiger partial charge in [0.05, 0.1) is 11.6 Å². The largest absolute Gasteiger partial charge is 0.238 e. The number of benzene rings is 1. The molecule has 0 N–H and O–H groups in total. The molecule has 0 amide bonds. The van der Waals surface area contributed by atoms with Crippen molar-refractivity contribution in [1.29, 1.82) is 0 Å². The number of rotatable bonds is 0. The molecule has 0 bridgehead atoms. The lowest BCUT2D eigenvalue weighted by atomic mass is 10.3. The molecule has 0 aliphatic rings. The highest BCUT2D eigenvalue weighted by molar-refractivity contribution is 6.31. The lowest BCUT2D eigenvalue weighted by Gasteiger charge is -1.91. The Kier molecular flexibility index (Phi) is 1.88. The quantitative estimate of drug-likeness (QED) is 0.508. The summed E-state index contributed by atoms with van der Waals surface area (Å²) in [6.07, 6.45) is 0. The minimum absolute atomic E-state index is 0.00602. The fourth-order valence-electron chi connectivity index (χ4n) is 0.555. The van der Waals surface area contributed by atoms with Crippen molar-refractivity contribution in [2.45, 2.75) is 0 Å². The van der Waals surface area contributed by atoms with Crippen molar-refractivity contribution in [3.8, 4) is 0 Å². The second-order valence-corrected chi connectivity index (χ2v) is 2.12. The van der Waals surface area contributed by atoms with Crippen molar-refractivity contribution in [2.24, 2.45) is 0 Å². The molecule has 0 saturated heterocycles. The zero-order valence-electron chi connectivity index (χ0n) is 4.94. The highest BCUT2D eigenvalue weighted by Gasteiger charge is 1.98. The molecule has 50 valence electrons. The molecule has 1 aromatic rings. The third-order valence-electron chi connectivity index (χ3n) is 1.03. The standard InChI is InChI=1S/C7H3ClFN/c1-10-5-2-3-7(9)6(8)4-5/h2-4H. The van der Waals surface area contributed by atoms with Gasteiger partial charge in [0.15, 0.2) is 5.69 Å². The highest BCUT2D eigenvalue weighted by atomic mass is 35.5. The van der Waals surface area contributed by atoms with E-state index in [1.807, 2.05) is 0 Å². The Bertz CT molecular complexity index is 290. The monoisotopic (exact) mass is 155 g/mol. The molecular weight excluding hydrogens is 153 g/mol. The Morgan fingerprint density at radius 1 is 1.50 bits per heavy atom. The van der Waals surface area contributed by atoms with Gasteiger partial charge in [-0.2, -0.15) is 0 Å². The summed E-state index contributed by atoms with van der Waals surface area (Å²) < 4.78 is 12.4. The van der Waals surface area contributed by atoms with E-state index in [-0.39, 0.29) is 5.02 Å². The van der Waals surface area contributed by atoms with E-state index in [4.69, 9.17) is 18.2 Å². The van der Waals surface area contributed by atoms with Crippen LogP contribution in [0.1, 0.15) is 0 Å². The number of halogens is 2. The fourth-order valence-corrected chi connectivity index (χ4v) is 0.729. The second-order valence-electron chi connectivity index (χ2n) is 1.71. The smallest absolute Gasteiger partial charge is 0.188 e. The van der Waals surface area contributed by atoms with Crippen LogP contribution in [0.4, 0.5) is 10.1 Å². The van der Waals surface area contributed by atoms with Crippen LogP contribution in [-0.4, -0.2) is 0 Å². The predicted octanol–water partition coefficient (Wildman–Crippen LogP) is 3.03. The summed E-state index contributed by atoms with van der Waals surface area (Å²) in [5.41, 5.74) is 0.353. The molecule has 0 radical (unpaired) electrons. The molecule has 0 aliphatic carbocycles. The van der Waals surface area contributed by atoms with Crippen LogP contribution in [0.5, 0.6) is 0 Å². The van der Waals surface area contributed by atoms with Crippen molar-refractivity contribution in [2.75, 3.05) is 0 Å². The Morgan fingerprint density at radius 2 is 2.20 bits per heavy atom. The van der Waals surface area contributed by atoms with Crippen molar-refractivity contribution >= 4 is 17.3 Å². The zero-order valence-corrected chi connectivity index (χ0v) is 5.69. The van der Waals surface area contributed by atoms with Crippen LogP contribution in [0, 0.1) is 12.4 Å². The fraction of sp³-hybridized carbons (Fsp3) is 0. The molecule has 0 heterocycles. The molecular formula is C7H3ClFN. The van der Waals surface area contributed by atoms with Crippen LogP contribution in [0.3, 0.4) is 0 Å². The first-order valence-electron chi connectivity index (χ1n) is 2.56. The molecule has 0 spiro atoms. The molecule has 3 heteroatoms. The molecule has 0 aliphatic heterocycles. The lowest BCUT2D eigenvalue weighted by molar-refractivity contribution is 0.628. The first-order valence-corrected chi connectivity index (χ1v) is 2.94. The van der Waals surface area contributed by atoms with Gasteiger partial charge in [-0.05, 0) is 12.1 Å². The average molecular weight is 156 g/mol. The summed E-state index contributed by atoms with van der Waals surface area (Å²) in [4.78, 5) is 3.07. The van der Waals surface area contributed by atoms with Gasteiger partial charge in [0.2, 0.25) is 0 Å². The van der Waals surface area contributed by atoms with Crippen LogP contribution in [0.25, 0.3) is 4.85 Å². The van der Waals surface area contributed by atoms with Crippen molar-refractivity contribution < 1.29 is 4.39 Å². The third-order valence-corrected chi connectivity index (χ3v) is 1.32. The Balaban J connectivity index is 3.20. The molecule has 1 nitrogen and oxygen atoms in total. The van der Waals surface area contributed by atoms with Gasteiger partial charge in [-0.1, -0.05) is 17.7 Å². The summed E-state index contributed by atoms with van der Waals surface area (Å²) in [6, 6.07) is 3.85. The van der Waals surface area contributed by atoms with E-state index in [9.17, 15) is 4.39 Å². The first-order chi connectivity index (χ1) is 4.74. The zero-order chi connectivity index (χ0) is 7.56. The van der Waals surface area contributed by atoms with Crippen molar-refractivity contribution in [1.82, 2.24) is 0 Å². The summed E-state index contributed by atoms with van der Waals surface area (Å²) in [5, 5.41) is -0.00602. The van der Waals surface area contributed by atoms with Gasteiger partial charge < -0.3 is 0 Å². The van der Waals surface area contributed by atoms with Crippen molar-refractivity contribution in [3.05, 3.63) is 40.5 Å².